The van der Waals surface area contributed by atoms with E-state index in [1.165, 1.54) is 4.90 Å². The van der Waals surface area contributed by atoms with E-state index in [4.69, 9.17) is 9.47 Å². The largest absolute Gasteiger partial charge is 0.479 e. The lowest BCUT2D eigenvalue weighted by molar-refractivity contribution is -0.125. The van der Waals surface area contributed by atoms with Crippen molar-refractivity contribution in [2.75, 3.05) is 56.2 Å². The Balaban J connectivity index is 1.18. The normalized spacial score (nSPS) is 19.5. The maximum absolute atomic E-state index is 12.9. The van der Waals surface area contributed by atoms with Crippen LogP contribution in [0, 0.1) is 0 Å². The molecule has 2 aromatic rings. The number of amides is 4. The zero-order chi connectivity index (χ0) is 25.9. The van der Waals surface area contributed by atoms with Crippen LogP contribution in [0.2, 0.25) is 0 Å². The van der Waals surface area contributed by atoms with E-state index in [-0.39, 0.29) is 36.6 Å². The van der Waals surface area contributed by atoms with E-state index in [1.54, 1.807) is 54.3 Å². The fraction of sp³-hybridized carbons (Fsp3) is 0.407. The number of hydrogen-bond donors (Lipinski definition) is 1. The number of rotatable bonds is 8. The molecule has 3 aliphatic heterocycles. The third kappa shape index (κ3) is 5.21. The molecular formula is C27H30N4O6. The van der Waals surface area contributed by atoms with Crippen molar-refractivity contribution in [3.63, 3.8) is 0 Å². The van der Waals surface area contributed by atoms with Crippen LogP contribution in [0.25, 0.3) is 0 Å². The molecule has 1 atom stereocenters. The molecule has 0 aromatic heterocycles. The Kier molecular flexibility index (Phi) is 7.20. The van der Waals surface area contributed by atoms with Gasteiger partial charge in [-0.2, -0.15) is 0 Å². The van der Waals surface area contributed by atoms with E-state index in [2.05, 4.69) is 10.2 Å². The van der Waals surface area contributed by atoms with Gasteiger partial charge in [0.2, 0.25) is 5.91 Å². The van der Waals surface area contributed by atoms with E-state index in [1.807, 2.05) is 0 Å². The molecule has 0 aliphatic carbocycles. The fourth-order valence-electron chi connectivity index (χ4n) is 4.85. The number of hydrogen-bond acceptors (Lipinski definition) is 7. The molecule has 3 heterocycles. The molecule has 0 saturated carbocycles. The number of imide groups is 1. The molecule has 1 N–H and O–H groups in total. The minimum atomic E-state index is -0.584. The Morgan fingerprint density at radius 1 is 0.946 bits per heavy atom. The van der Waals surface area contributed by atoms with Gasteiger partial charge in [-0.1, -0.05) is 12.1 Å². The summed E-state index contributed by atoms with van der Waals surface area (Å²) in [6.07, 6.45) is -0.107. The number of nitrogens with zero attached hydrogens (tertiary/aromatic N) is 3. The molecule has 1 unspecified atom stereocenters. The van der Waals surface area contributed by atoms with Gasteiger partial charge in [-0.05, 0) is 43.7 Å². The van der Waals surface area contributed by atoms with Crippen LogP contribution in [0.1, 0.15) is 40.5 Å². The number of nitrogens with one attached hydrogen (secondary N) is 1. The summed E-state index contributed by atoms with van der Waals surface area (Å²) in [5.41, 5.74) is 1.97. The first-order chi connectivity index (χ1) is 17.9. The molecule has 0 radical (unpaired) electrons. The number of anilines is 2. The second-order valence-corrected chi connectivity index (χ2v) is 9.35. The van der Waals surface area contributed by atoms with E-state index in [0.29, 0.717) is 54.4 Å². The molecule has 1 saturated heterocycles. The molecule has 2 aromatic carbocycles. The van der Waals surface area contributed by atoms with Crippen LogP contribution < -0.4 is 15.0 Å². The summed E-state index contributed by atoms with van der Waals surface area (Å²) in [7, 11) is 0. The average Bonchev–Trinajstić information content (AvgIpc) is 3.15. The van der Waals surface area contributed by atoms with Gasteiger partial charge in [0.25, 0.3) is 17.7 Å². The van der Waals surface area contributed by atoms with Gasteiger partial charge in [0.1, 0.15) is 5.75 Å². The number of ether oxygens (including phenoxy) is 2. The van der Waals surface area contributed by atoms with Crippen molar-refractivity contribution in [2.45, 2.75) is 25.9 Å². The Morgan fingerprint density at radius 2 is 1.65 bits per heavy atom. The molecule has 0 bridgehead atoms. The maximum atomic E-state index is 12.9. The molecule has 0 spiro atoms. The van der Waals surface area contributed by atoms with Gasteiger partial charge in [0.15, 0.2) is 6.10 Å². The predicted molar refractivity (Wildman–Crippen MR) is 136 cm³/mol. The van der Waals surface area contributed by atoms with Crippen molar-refractivity contribution < 1.29 is 28.7 Å². The van der Waals surface area contributed by atoms with Crippen LogP contribution in [0.5, 0.6) is 5.75 Å². The molecule has 194 valence electrons. The Labute approximate surface area is 215 Å². The summed E-state index contributed by atoms with van der Waals surface area (Å²) < 4.78 is 11.2. The molecule has 10 nitrogen and oxygen atoms in total. The third-order valence-electron chi connectivity index (χ3n) is 6.86. The predicted octanol–water partition coefficient (Wildman–Crippen LogP) is 2.15. The Bertz CT molecular complexity index is 1190. The molecule has 5 rings (SSSR count). The quantitative estimate of drug-likeness (QED) is 0.547. The highest BCUT2D eigenvalue weighted by Gasteiger charge is 2.35. The lowest BCUT2D eigenvalue weighted by Gasteiger charge is -2.35. The van der Waals surface area contributed by atoms with Crippen LogP contribution >= 0.6 is 0 Å². The SMILES string of the molecule is CC1Oc2ccc(NC(=O)CCCN3C(=O)c4ccccc4C3=O)cc2N(CCN2CCOCC2)C1=O. The summed E-state index contributed by atoms with van der Waals surface area (Å²) in [6.45, 7) is 6.17. The van der Waals surface area contributed by atoms with Crippen LogP contribution in [-0.2, 0) is 14.3 Å². The number of morpholine rings is 1. The first-order valence-corrected chi connectivity index (χ1v) is 12.6. The van der Waals surface area contributed by atoms with E-state index in [9.17, 15) is 19.2 Å². The zero-order valence-electron chi connectivity index (χ0n) is 20.8. The van der Waals surface area contributed by atoms with Gasteiger partial charge < -0.3 is 19.7 Å². The van der Waals surface area contributed by atoms with E-state index in [0.717, 1.165) is 19.6 Å². The van der Waals surface area contributed by atoms with Gasteiger partial charge in [0.05, 0.1) is 30.0 Å². The molecule has 10 heteroatoms. The highest BCUT2D eigenvalue weighted by Crippen LogP contribution is 2.36. The number of carbonyl (C=O) groups is 4. The molecule has 4 amide bonds. The minimum Gasteiger partial charge on any atom is -0.479 e. The molecular weight excluding hydrogens is 476 g/mol. The Morgan fingerprint density at radius 3 is 2.35 bits per heavy atom. The summed E-state index contributed by atoms with van der Waals surface area (Å²) >= 11 is 0. The van der Waals surface area contributed by atoms with Gasteiger partial charge in [0, 0.05) is 44.8 Å². The second-order valence-electron chi connectivity index (χ2n) is 9.35. The van der Waals surface area contributed by atoms with Gasteiger partial charge in [-0.3, -0.25) is 29.0 Å². The summed E-state index contributed by atoms with van der Waals surface area (Å²) in [6, 6.07) is 12.0. The van der Waals surface area contributed by atoms with Gasteiger partial charge in [-0.25, -0.2) is 0 Å². The highest BCUT2D eigenvalue weighted by molar-refractivity contribution is 6.21. The lowest BCUT2D eigenvalue weighted by Crippen LogP contribution is -2.48. The van der Waals surface area contributed by atoms with E-state index >= 15 is 0 Å². The van der Waals surface area contributed by atoms with Crippen molar-refractivity contribution in [3.8, 4) is 5.75 Å². The summed E-state index contributed by atoms with van der Waals surface area (Å²) in [4.78, 5) is 55.7. The summed E-state index contributed by atoms with van der Waals surface area (Å²) in [5, 5.41) is 2.86. The lowest BCUT2D eigenvalue weighted by atomic mass is 10.1. The summed E-state index contributed by atoms with van der Waals surface area (Å²) in [5.74, 6) is -0.422. The first-order valence-electron chi connectivity index (χ1n) is 12.6. The number of benzene rings is 2. The molecule has 1 fully saturated rings. The van der Waals surface area contributed by atoms with Crippen molar-refractivity contribution in [1.29, 1.82) is 0 Å². The first kappa shape index (κ1) is 24.9. The average molecular weight is 507 g/mol. The van der Waals surface area contributed by atoms with Crippen molar-refractivity contribution in [2.24, 2.45) is 0 Å². The smallest absolute Gasteiger partial charge is 0.267 e. The van der Waals surface area contributed by atoms with Gasteiger partial charge in [-0.15, -0.1) is 0 Å². The molecule has 37 heavy (non-hydrogen) atoms. The monoisotopic (exact) mass is 506 g/mol. The Hall–Kier alpha value is -3.76. The third-order valence-corrected chi connectivity index (χ3v) is 6.86. The zero-order valence-corrected chi connectivity index (χ0v) is 20.8. The second kappa shape index (κ2) is 10.7. The number of fused-ring (bicyclic) bond motifs is 2. The standard InChI is InChI=1S/C27H30N4O6/c1-18-25(33)30(12-11-29-13-15-36-16-14-29)22-17-19(8-9-23(22)37-18)28-24(32)7-4-10-31-26(34)20-5-2-3-6-21(20)27(31)35/h2-3,5-6,8-9,17-18H,4,7,10-16H2,1H3,(H,28,32). The van der Waals surface area contributed by atoms with Crippen molar-refractivity contribution in [1.82, 2.24) is 9.80 Å². The minimum absolute atomic E-state index is 0.120. The molecule has 3 aliphatic rings. The van der Waals surface area contributed by atoms with E-state index < -0.39 is 6.10 Å². The number of carbonyl (C=O) groups excluding carboxylic acids is 4. The van der Waals surface area contributed by atoms with Crippen LogP contribution in [0.15, 0.2) is 42.5 Å². The van der Waals surface area contributed by atoms with Crippen LogP contribution in [0.3, 0.4) is 0 Å². The topological polar surface area (TPSA) is 108 Å². The van der Waals surface area contributed by atoms with Crippen LogP contribution in [-0.4, -0.2) is 85.5 Å². The maximum Gasteiger partial charge on any atom is 0.267 e. The van der Waals surface area contributed by atoms with Crippen LogP contribution in [0.4, 0.5) is 11.4 Å². The highest BCUT2D eigenvalue weighted by atomic mass is 16.5. The van der Waals surface area contributed by atoms with Crippen molar-refractivity contribution in [3.05, 3.63) is 53.6 Å². The fourth-order valence-corrected chi connectivity index (χ4v) is 4.85. The van der Waals surface area contributed by atoms with Gasteiger partial charge >= 0.3 is 0 Å². The van der Waals surface area contributed by atoms with Crippen molar-refractivity contribution >= 4 is 35.0 Å².